The first-order chi connectivity index (χ1) is 11.7. The zero-order chi connectivity index (χ0) is 16.5. The highest BCUT2D eigenvalue weighted by atomic mass is 35.5. The molecule has 1 unspecified atom stereocenters. The Bertz CT molecular complexity index is 753. The van der Waals surface area contributed by atoms with Crippen molar-refractivity contribution in [3.05, 3.63) is 46.2 Å². The van der Waals surface area contributed by atoms with Crippen LogP contribution in [-0.2, 0) is 6.42 Å². The average molecular weight is 346 g/mol. The lowest BCUT2D eigenvalue weighted by Gasteiger charge is -2.22. The summed E-state index contributed by atoms with van der Waals surface area (Å²) in [7, 11) is 0. The Morgan fingerprint density at radius 2 is 2.12 bits per heavy atom. The molecule has 126 valence electrons. The second-order valence-electron chi connectivity index (χ2n) is 6.44. The lowest BCUT2D eigenvalue weighted by Crippen LogP contribution is -2.29. The van der Waals surface area contributed by atoms with Gasteiger partial charge in [-0.3, -0.25) is 4.79 Å². The highest BCUT2D eigenvalue weighted by Crippen LogP contribution is 2.35. The fourth-order valence-electron chi connectivity index (χ4n) is 3.62. The topological polar surface area (TPSA) is 71.8 Å². The number of hydrogen-bond acceptors (Lipinski definition) is 4. The summed E-state index contributed by atoms with van der Waals surface area (Å²) in [6, 6.07) is 6.18. The first-order valence-electron chi connectivity index (χ1n) is 8.43. The van der Waals surface area contributed by atoms with Gasteiger partial charge in [0.05, 0.1) is 18.3 Å². The molecule has 1 aliphatic heterocycles. The molecule has 1 aliphatic carbocycles. The van der Waals surface area contributed by atoms with E-state index in [9.17, 15) is 4.79 Å². The van der Waals surface area contributed by atoms with Gasteiger partial charge in [-0.15, -0.1) is 5.10 Å². The van der Waals surface area contributed by atoms with Crippen LogP contribution in [0.4, 0.5) is 0 Å². The molecule has 2 heterocycles. The van der Waals surface area contributed by atoms with Crippen molar-refractivity contribution >= 4 is 17.5 Å². The molecule has 4 rings (SSSR count). The summed E-state index contributed by atoms with van der Waals surface area (Å²) in [6.45, 7) is 1.96. The molecule has 0 bridgehead atoms. The van der Waals surface area contributed by atoms with Crippen molar-refractivity contribution in [3.8, 4) is 0 Å². The van der Waals surface area contributed by atoms with E-state index >= 15 is 0 Å². The van der Waals surface area contributed by atoms with Gasteiger partial charge in [0.2, 0.25) is 0 Å². The maximum atomic E-state index is 12.5. The Morgan fingerprint density at radius 1 is 1.29 bits per heavy atom. The Balaban J connectivity index is 1.46. The van der Waals surface area contributed by atoms with Gasteiger partial charge < -0.3 is 10.6 Å². The third kappa shape index (κ3) is 2.91. The Labute approximate surface area is 145 Å². The minimum Gasteiger partial charge on any atom is -0.344 e. The quantitative estimate of drug-likeness (QED) is 0.895. The first-order valence-corrected chi connectivity index (χ1v) is 8.81. The fourth-order valence-corrected chi connectivity index (χ4v) is 3.90. The molecule has 0 spiro atoms. The van der Waals surface area contributed by atoms with Crippen molar-refractivity contribution in [1.29, 1.82) is 0 Å². The molecule has 1 amide bonds. The SMILES string of the molecule is O=C(NC1CCc2c(Cl)cccc21)c1cn(C2CCNCC2)nn1. The first kappa shape index (κ1) is 15.6. The number of nitrogens with one attached hydrogen (secondary N) is 2. The molecule has 2 N–H and O–H groups in total. The van der Waals surface area contributed by atoms with E-state index in [0.717, 1.165) is 54.9 Å². The highest BCUT2D eigenvalue weighted by molar-refractivity contribution is 6.31. The van der Waals surface area contributed by atoms with Gasteiger partial charge in [0.1, 0.15) is 0 Å². The van der Waals surface area contributed by atoms with Gasteiger partial charge in [-0.1, -0.05) is 28.9 Å². The number of halogens is 1. The molecule has 2 aromatic rings. The molecule has 6 nitrogen and oxygen atoms in total. The highest BCUT2D eigenvalue weighted by Gasteiger charge is 2.27. The number of hydrogen-bond donors (Lipinski definition) is 2. The van der Waals surface area contributed by atoms with Gasteiger partial charge in [0.25, 0.3) is 5.91 Å². The van der Waals surface area contributed by atoms with E-state index in [4.69, 9.17) is 11.6 Å². The molecule has 0 saturated carbocycles. The van der Waals surface area contributed by atoms with Gasteiger partial charge in [0, 0.05) is 5.02 Å². The number of amides is 1. The summed E-state index contributed by atoms with van der Waals surface area (Å²) >= 11 is 6.23. The Hall–Kier alpha value is -1.92. The van der Waals surface area contributed by atoms with E-state index in [-0.39, 0.29) is 11.9 Å². The Kier molecular flexibility index (Phi) is 4.24. The molecule has 1 saturated heterocycles. The average Bonchev–Trinajstić information content (AvgIpc) is 3.24. The van der Waals surface area contributed by atoms with Crippen LogP contribution in [0.2, 0.25) is 5.02 Å². The van der Waals surface area contributed by atoms with Crippen LogP contribution in [-0.4, -0.2) is 34.0 Å². The molecule has 1 aromatic heterocycles. The molecule has 7 heteroatoms. The van der Waals surface area contributed by atoms with Gasteiger partial charge in [0.15, 0.2) is 5.69 Å². The number of aromatic nitrogens is 3. The standard InChI is InChI=1S/C17H20ClN5O/c18-14-3-1-2-13-12(14)4-5-15(13)20-17(24)16-10-23(22-21-16)11-6-8-19-9-7-11/h1-3,10-11,15,19H,4-9H2,(H,20,24). The number of piperidine rings is 1. The number of benzene rings is 1. The molecule has 1 aromatic carbocycles. The van der Waals surface area contributed by atoms with Crippen molar-refractivity contribution in [2.24, 2.45) is 0 Å². The second kappa shape index (κ2) is 6.53. The van der Waals surface area contributed by atoms with Gasteiger partial charge in [-0.05, 0) is 56.0 Å². The third-order valence-electron chi connectivity index (χ3n) is 4.94. The maximum absolute atomic E-state index is 12.5. The largest absolute Gasteiger partial charge is 0.344 e. The summed E-state index contributed by atoms with van der Waals surface area (Å²) in [5.41, 5.74) is 2.63. The minimum absolute atomic E-state index is 0.00442. The van der Waals surface area contributed by atoms with Crippen LogP contribution < -0.4 is 10.6 Å². The minimum atomic E-state index is -0.173. The van der Waals surface area contributed by atoms with E-state index < -0.39 is 0 Å². The van der Waals surface area contributed by atoms with Crippen LogP contribution in [0.15, 0.2) is 24.4 Å². The predicted octanol–water partition coefficient (Wildman–Crippen LogP) is 2.27. The second-order valence-corrected chi connectivity index (χ2v) is 6.84. The predicted molar refractivity (Wildman–Crippen MR) is 91.1 cm³/mol. The van der Waals surface area contributed by atoms with E-state index in [2.05, 4.69) is 20.9 Å². The van der Waals surface area contributed by atoms with E-state index in [1.54, 1.807) is 6.20 Å². The smallest absolute Gasteiger partial charge is 0.273 e. The molecule has 2 aliphatic rings. The zero-order valence-electron chi connectivity index (χ0n) is 13.3. The third-order valence-corrected chi connectivity index (χ3v) is 5.30. The van der Waals surface area contributed by atoms with Crippen LogP contribution in [0.1, 0.15) is 53.0 Å². The van der Waals surface area contributed by atoms with Gasteiger partial charge in [-0.25, -0.2) is 4.68 Å². The monoisotopic (exact) mass is 345 g/mol. The molecule has 1 atom stereocenters. The van der Waals surface area contributed by atoms with Crippen molar-refractivity contribution in [2.45, 2.75) is 37.8 Å². The van der Waals surface area contributed by atoms with Crippen LogP contribution in [0.3, 0.4) is 0 Å². The molecular weight excluding hydrogens is 326 g/mol. The van der Waals surface area contributed by atoms with Crippen LogP contribution in [0.5, 0.6) is 0 Å². The molecule has 24 heavy (non-hydrogen) atoms. The maximum Gasteiger partial charge on any atom is 0.273 e. The normalized spacial score (nSPS) is 20.8. The van der Waals surface area contributed by atoms with Crippen molar-refractivity contribution < 1.29 is 4.79 Å². The summed E-state index contributed by atoms with van der Waals surface area (Å²) < 4.78 is 1.83. The van der Waals surface area contributed by atoms with E-state index in [1.807, 2.05) is 22.9 Å². The van der Waals surface area contributed by atoms with Gasteiger partial charge >= 0.3 is 0 Å². The summed E-state index contributed by atoms with van der Waals surface area (Å²) in [5.74, 6) is -0.173. The summed E-state index contributed by atoms with van der Waals surface area (Å²) in [6.07, 6.45) is 5.55. The van der Waals surface area contributed by atoms with Gasteiger partial charge in [-0.2, -0.15) is 0 Å². The zero-order valence-corrected chi connectivity index (χ0v) is 14.1. The van der Waals surface area contributed by atoms with Crippen LogP contribution in [0, 0.1) is 0 Å². The summed E-state index contributed by atoms with van der Waals surface area (Å²) in [5, 5.41) is 15.4. The molecule has 0 radical (unpaired) electrons. The van der Waals surface area contributed by atoms with Crippen molar-refractivity contribution in [2.75, 3.05) is 13.1 Å². The van der Waals surface area contributed by atoms with Crippen molar-refractivity contribution in [3.63, 3.8) is 0 Å². The van der Waals surface area contributed by atoms with E-state index in [0.29, 0.717) is 11.7 Å². The fraction of sp³-hybridized carbons (Fsp3) is 0.471. The van der Waals surface area contributed by atoms with Crippen LogP contribution >= 0.6 is 11.6 Å². The number of nitrogens with zero attached hydrogens (tertiary/aromatic N) is 3. The number of carbonyl (C=O) groups excluding carboxylic acids is 1. The van der Waals surface area contributed by atoms with E-state index in [1.165, 1.54) is 0 Å². The molecule has 1 fully saturated rings. The summed E-state index contributed by atoms with van der Waals surface area (Å²) in [4.78, 5) is 12.5. The number of carbonyl (C=O) groups is 1. The lowest BCUT2D eigenvalue weighted by molar-refractivity contribution is 0.0931. The van der Waals surface area contributed by atoms with Crippen LogP contribution in [0.25, 0.3) is 0 Å². The molecular formula is C17H20ClN5O. The number of rotatable bonds is 3. The lowest BCUT2D eigenvalue weighted by atomic mass is 10.1. The Morgan fingerprint density at radius 3 is 2.96 bits per heavy atom. The van der Waals surface area contributed by atoms with Crippen molar-refractivity contribution in [1.82, 2.24) is 25.6 Å². The number of fused-ring (bicyclic) bond motifs is 1.